The summed E-state index contributed by atoms with van der Waals surface area (Å²) in [6.07, 6.45) is 1.83. The average Bonchev–Trinajstić information content (AvgIpc) is 3.47. The highest BCUT2D eigenvalue weighted by atomic mass is 16.4. The van der Waals surface area contributed by atoms with Crippen LogP contribution in [0.2, 0.25) is 0 Å². The summed E-state index contributed by atoms with van der Waals surface area (Å²) in [7, 11) is 0. The molecule has 1 aliphatic heterocycles. The summed E-state index contributed by atoms with van der Waals surface area (Å²) >= 11 is 0. The number of aryl methyl sites for hydroxylation is 1. The summed E-state index contributed by atoms with van der Waals surface area (Å²) in [6, 6.07) is 6.18. The van der Waals surface area contributed by atoms with Crippen LogP contribution in [0.3, 0.4) is 0 Å². The second kappa shape index (κ2) is 11.2. The Morgan fingerprint density at radius 2 is 1.90 bits per heavy atom. The number of anilines is 1. The Labute approximate surface area is 244 Å². The van der Waals surface area contributed by atoms with Crippen molar-refractivity contribution in [3.63, 3.8) is 0 Å². The molecule has 3 amide bonds. The van der Waals surface area contributed by atoms with E-state index >= 15 is 0 Å². The number of para-hydroxylation sites is 1. The monoisotopic (exact) mass is 577 g/mol. The minimum atomic E-state index is -1.26. The Balaban J connectivity index is 1.34. The van der Waals surface area contributed by atoms with Crippen molar-refractivity contribution in [2.45, 2.75) is 90.0 Å². The number of aromatic nitrogens is 3. The van der Waals surface area contributed by atoms with Crippen LogP contribution in [0.15, 0.2) is 24.3 Å². The fourth-order valence-electron chi connectivity index (χ4n) is 6.12. The lowest BCUT2D eigenvalue weighted by Gasteiger charge is -2.39. The fraction of sp³-hybridized carbons (Fsp3) is 0.500. The van der Waals surface area contributed by atoms with Gasteiger partial charge in [0.1, 0.15) is 17.4 Å². The molecule has 1 saturated carbocycles. The van der Waals surface area contributed by atoms with Crippen LogP contribution in [0.5, 0.6) is 0 Å². The number of rotatable bonds is 7. The number of carbonyl (C=O) groups is 3. The summed E-state index contributed by atoms with van der Waals surface area (Å²) in [5.74, 6) is 0.0469. The van der Waals surface area contributed by atoms with E-state index in [-0.39, 0.29) is 24.0 Å². The van der Waals surface area contributed by atoms with Crippen LogP contribution in [0.4, 0.5) is 10.6 Å². The number of carboxylic acid groups (broad SMARTS) is 1. The Kier molecular flexibility index (Phi) is 7.84. The molecule has 0 spiro atoms. The number of aliphatic hydroxyl groups excluding tert-OH is 1. The molecule has 0 radical (unpaired) electrons. The summed E-state index contributed by atoms with van der Waals surface area (Å²) in [5, 5.41) is 29.0. The Morgan fingerprint density at radius 3 is 2.57 bits per heavy atom. The Hall–Kier alpha value is -4.19. The van der Waals surface area contributed by atoms with Gasteiger partial charge in [-0.15, -0.1) is 0 Å². The third-order valence-corrected chi connectivity index (χ3v) is 8.11. The molecular formula is C30H39N7O5. The van der Waals surface area contributed by atoms with Crippen LogP contribution in [0.1, 0.15) is 81.2 Å². The molecule has 2 aromatic heterocycles. The first-order valence-corrected chi connectivity index (χ1v) is 14.4. The van der Waals surface area contributed by atoms with Gasteiger partial charge in [-0.25, -0.2) is 14.8 Å². The molecule has 224 valence electrons. The van der Waals surface area contributed by atoms with Gasteiger partial charge in [-0.2, -0.15) is 0 Å². The maximum atomic E-state index is 13.1. The van der Waals surface area contributed by atoms with Gasteiger partial charge < -0.3 is 31.1 Å². The molecule has 4 atom stereocenters. The molecule has 12 nitrogen and oxygen atoms in total. The average molecular weight is 578 g/mol. The van der Waals surface area contributed by atoms with Gasteiger partial charge in [0, 0.05) is 28.9 Å². The van der Waals surface area contributed by atoms with Crippen molar-refractivity contribution in [2.24, 2.45) is 0 Å². The minimum Gasteiger partial charge on any atom is -0.465 e. The van der Waals surface area contributed by atoms with Crippen molar-refractivity contribution < 1.29 is 24.6 Å². The fourth-order valence-corrected chi connectivity index (χ4v) is 6.12. The van der Waals surface area contributed by atoms with Crippen LogP contribution in [-0.4, -0.2) is 78.2 Å². The lowest BCUT2D eigenvalue weighted by atomic mass is 9.90. The van der Waals surface area contributed by atoms with Crippen LogP contribution < -0.4 is 16.0 Å². The van der Waals surface area contributed by atoms with Gasteiger partial charge in [0.25, 0.3) is 5.91 Å². The van der Waals surface area contributed by atoms with E-state index in [9.17, 15) is 24.6 Å². The molecule has 42 heavy (non-hydrogen) atoms. The molecule has 3 heterocycles. The predicted octanol–water partition coefficient (Wildman–Crippen LogP) is 3.72. The van der Waals surface area contributed by atoms with E-state index in [4.69, 9.17) is 9.97 Å². The van der Waals surface area contributed by atoms with E-state index in [2.05, 4.69) is 20.9 Å². The highest BCUT2D eigenvalue weighted by molar-refractivity contribution is 6.01. The summed E-state index contributed by atoms with van der Waals surface area (Å²) in [4.78, 5) is 51.5. The zero-order chi connectivity index (χ0) is 30.3. The van der Waals surface area contributed by atoms with Crippen molar-refractivity contribution in [3.05, 3.63) is 41.2 Å². The third kappa shape index (κ3) is 5.63. The van der Waals surface area contributed by atoms with Gasteiger partial charge in [-0.05, 0) is 72.4 Å². The molecule has 1 fully saturated rings. The number of aromatic amines is 1. The maximum Gasteiger partial charge on any atom is 0.408 e. The largest absolute Gasteiger partial charge is 0.465 e. The van der Waals surface area contributed by atoms with E-state index in [0.717, 1.165) is 52.3 Å². The molecule has 1 aliphatic carbocycles. The number of benzene rings is 1. The Bertz CT molecular complexity index is 1530. The van der Waals surface area contributed by atoms with Crippen molar-refractivity contribution >= 4 is 34.8 Å². The second-order valence-electron chi connectivity index (χ2n) is 12.3. The molecule has 0 saturated heterocycles. The minimum absolute atomic E-state index is 0.00580. The number of nitrogens with one attached hydrogen (secondary N) is 4. The van der Waals surface area contributed by atoms with Crippen LogP contribution in [-0.2, 0) is 4.79 Å². The first-order chi connectivity index (χ1) is 19.9. The van der Waals surface area contributed by atoms with E-state index in [1.807, 2.05) is 38.1 Å². The summed E-state index contributed by atoms with van der Waals surface area (Å²) < 4.78 is 0. The van der Waals surface area contributed by atoms with Crippen molar-refractivity contribution in [3.8, 4) is 11.3 Å². The number of hydrogen-bond donors (Lipinski definition) is 6. The van der Waals surface area contributed by atoms with Gasteiger partial charge in [-0.3, -0.25) is 14.5 Å². The number of hydrogen-bond acceptors (Lipinski definition) is 7. The van der Waals surface area contributed by atoms with Crippen molar-refractivity contribution in [1.29, 1.82) is 0 Å². The van der Waals surface area contributed by atoms with Gasteiger partial charge in [0.2, 0.25) is 5.91 Å². The molecule has 2 aliphatic rings. The highest BCUT2D eigenvalue weighted by Gasteiger charge is 2.38. The molecule has 0 bridgehead atoms. The van der Waals surface area contributed by atoms with Crippen LogP contribution in [0.25, 0.3) is 22.3 Å². The molecule has 12 heteroatoms. The summed E-state index contributed by atoms with van der Waals surface area (Å²) in [6.45, 7) is 8.30. The number of H-pyrrole nitrogens is 1. The first kappa shape index (κ1) is 29.3. The molecule has 1 aromatic carbocycles. The zero-order valence-corrected chi connectivity index (χ0v) is 24.6. The van der Waals surface area contributed by atoms with E-state index in [1.54, 1.807) is 20.8 Å². The normalized spacial score (nSPS) is 21.0. The van der Waals surface area contributed by atoms with Crippen LogP contribution >= 0.6 is 0 Å². The van der Waals surface area contributed by atoms with Crippen LogP contribution in [0, 0.1) is 6.92 Å². The zero-order valence-electron chi connectivity index (χ0n) is 24.6. The van der Waals surface area contributed by atoms with Crippen molar-refractivity contribution in [2.75, 3.05) is 11.9 Å². The first-order valence-electron chi connectivity index (χ1n) is 14.4. The second-order valence-corrected chi connectivity index (χ2v) is 12.3. The Morgan fingerprint density at radius 1 is 1.17 bits per heavy atom. The molecule has 6 N–H and O–H groups in total. The third-order valence-electron chi connectivity index (χ3n) is 8.11. The number of amides is 3. The number of fused-ring (bicyclic) bond motifs is 2. The highest BCUT2D eigenvalue weighted by Crippen LogP contribution is 2.34. The maximum absolute atomic E-state index is 13.1. The van der Waals surface area contributed by atoms with Gasteiger partial charge in [0.15, 0.2) is 0 Å². The topological polar surface area (TPSA) is 173 Å². The van der Waals surface area contributed by atoms with Crippen molar-refractivity contribution in [1.82, 2.24) is 30.5 Å². The van der Waals surface area contributed by atoms with Gasteiger partial charge in [0.05, 0.1) is 35.1 Å². The quantitative estimate of drug-likeness (QED) is 0.247. The molecular weight excluding hydrogens is 538 g/mol. The lowest BCUT2D eigenvalue weighted by molar-refractivity contribution is -0.130. The SMILES string of the molecule is Cc1nc2cccc(-c3cc4c([nH]3)C(C)NC4=O)c2nc1N[C@H]1CCC[C@@H](NC(=O)C(CO)N(C(=O)O)C(C)(C)C)C1. The molecule has 2 unspecified atom stereocenters. The van der Waals surface area contributed by atoms with Gasteiger partial charge in [-0.1, -0.05) is 12.1 Å². The number of carbonyl (C=O) groups excluding carboxylic acids is 2. The number of nitrogens with zero attached hydrogens (tertiary/aromatic N) is 3. The molecule has 5 rings (SSSR count). The smallest absolute Gasteiger partial charge is 0.408 e. The predicted molar refractivity (Wildman–Crippen MR) is 158 cm³/mol. The van der Waals surface area contributed by atoms with Gasteiger partial charge >= 0.3 is 6.09 Å². The van der Waals surface area contributed by atoms with E-state index in [1.165, 1.54) is 0 Å². The molecule has 3 aromatic rings. The number of aliphatic hydroxyl groups is 1. The van der Waals surface area contributed by atoms with E-state index < -0.39 is 30.2 Å². The standard InChI is InChI=1S/C30H39N7O5/c1-15-24-20(27(39)32-15)13-22(35-24)19-10-7-11-21-25(19)36-26(16(2)31-21)33-17-8-6-9-18(12-17)34-28(40)23(14-38)37(29(41)42)30(3,4)5/h7,10-11,13,15,17-18,23,35,38H,6,8-9,12,14H2,1-5H3,(H,32,39)(H,33,36)(H,34,40)(H,41,42)/t15?,17-,18+,23?/m0/s1. The van der Waals surface area contributed by atoms with E-state index in [0.29, 0.717) is 23.3 Å². The summed E-state index contributed by atoms with van der Waals surface area (Å²) in [5.41, 5.74) is 4.50. The lowest BCUT2D eigenvalue weighted by Crippen LogP contribution is -2.59.